The minimum absolute atomic E-state index is 0.111. The molecule has 192 valence electrons. The summed E-state index contributed by atoms with van der Waals surface area (Å²) in [5.41, 5.74) is 1.34. The molecule has 0 aliphatic carbocycles. The maximum Gasteiger partial charge on any atom is 0.295 e. The minimum Gasteiger partial charge on any atom is -0.507 e. The highest BCUT2D eigenvalue weighted by Gasteiger charge is 2.45. The Kier molecular flexibility index (Phi) is 9.18. The first kappa shape index (κ1) is 26.4. The molecule has 1 N–H and O–H groups in total. The van der Waals surface area contributed by atoms with Crippen LogP contribution in [0.3, 0.4) is 0 Å². The van der Waals surface area contributed by atoms with Crippen LogP contribution in [0, 0.1) is 0 Å². The van der Waals surface area contributed by atoms with E-state index in [2.05, 4.69) is 27.8 Å². The van der Waals surface area contributed by atoms with Crippen LogP contribution in [0.25, 0.3) is 5.76 Å². The number of ketones is 1. The summed E-state index contributed by atoms with van der Waals surface area (Å²) in [5.74, 6) is -0.809. The SMILES string of the molecule is CCCCOc1cccc(C(O)=C2C(=O)C(=O)N(CCCN3CCOCC3)C2c2ccc(Br)cc2)c1. The zero-order chi connectivity index (χ0) is 25.5. The lowest BCUT2D eigenvalue weighted by atomic mass is 9.95. The molecule has 36 heavy (non-hydrogen) atoms. The quantitative estimate of drug-likeness (QED) is 0.196. The van der Waals surface area contributed by atoms with Crippen molar-refractivity contribution in [1.29, 1.82) is 0 Å². The summed E-state index contributed by atoms with van der Waals surface area (Å²) in [6.07, 6.45) is 2.66. The van der Waals surface area contributed by atoms with E-state index in [1.54, 1.807) is 23.1 Å². The second kappa shape index (κ2) is 12.5. The summed E-state index contributed by atoms with van der Waals surface area (Å²) in [6, 6.07) is 13.9. The molecule has 0 saturated carbocycles. The molecule has 2 fully saturated rings. The van der Waals surface area contributed by atoms with Gasteiger partial charge in [-0.3, -0.25) is 14.5 Å². The molecule has 7 nitrogen and oxygen atoms in total. The van der Waals surface area contributed by atoms with Crippen molar-refractivity contribution in [3.8, 4) is 5.75 Å². The van der Waals surface area contributed by atoms with Crippen molar-refractivity contribution in [1.82, 2.24) is 9.80 Å². The van der Waals surface area contributed by atoms with E-state index in [0.29, 0.717) is 37.7 Å². The lowest BCUT2D eigenvalue weighted by Crippen LogP contribution is -2.38. The van der Waals surface area contributed by atoms with Crippen LogP contribution < -0.4 is 4.74 Å². The average molecular weight is 557 g/mol. The number of Topliss-reactive ketones (excluding diaryl/α,β-unsaturated/α-hetero) is 1. The lowest BCUT2D eigenvalue weighted by Gasteiger charge is -2.29. The van der Waals surface area contributed by atoms with E-state index in [1.807, 2.05) is 30.3 Å². The van der Waals surface area contributed by atoms with E-state index in [1.165, 1.54) is 0 Å². The normalized spacial score (nSPS) is 20.2. The number of hydrogen-bond acceptors (Lipinski definition) is 6. The molecule has 1 amide bonds. The molecule has 8 heteroatoms. The van der Waals surface area contributed by atoms with Crippen LogP contribution in [-0.2, 0) is 14.3 Å². The van der Waals surface area contributed by atoms with E-state index in [4.69, 9.17) is 9.47 Å². The standard InChI is InChI=1S/C28H33BrN2O5/c1-2-3-16-36-23-7-4-6-21(19-23)26(32)24-25(20-8-10-22(29)11-9-20)31(28(34)27(24)33)13-5-12-30-14-17-35-18-15-30/h4,6-11,19,25,32H,2-3,5,12-18H2,1H3. The second-order valence-corrected chi connectivity index (χ2v) is 10.00. The summed E-state index contributed by atoms with van der Waals surface area (Å²) < 4.78 is 12.1. The number of nitrogens with zero attached hydrogens (tertiary/aromatic N) is 2. The zero-order valence-corrected chi connectivity index (χ0v) is 22.2. The highest BCUT2D eigenvalue weighted by atomic mass is 79.9. The molecular weight excluding hydrogens is 524 g/mol. The smallest absolute Gasteiger partial charge is 0.295 e. The largest absolute Gasteiger partial charge is 0.507 e. The highest BCUT2D eigenvalue weighted by molar-refractivity contribution is 9.10. The number of amides is 1. The van der Waals surface area contributed by atoms with E-state index in [-0.39, 0.29) is 11.3 Å². The summed E-state index contributed by atoms with van der Waals surface area (Å²) in [4.78, 5) is 30.4. The van der Waals surface area contributed by atoms with Gasteiger partial charge in [0.1, 0.15) is 11.5 Å². The summed E-state index contributed by atoms with van der Waals surface area (Å²) in [5, 5.41) is 11.3. The molecule has 0 radical (unpaired) electrons. The molecule has 0 spiro atoms. The summed E-state index contributed by atoms with van der Waals surface area (Å²) in [7, 11) is 0. The minimum atomic E-state index is -0.663. The van der Waals surface area contributed by atoms with Crippen LogP contribution >= 0.6 is 15.9 Å². The van der Waals surface area contributed by atoms with Crippen molar-refractivity contribution in [2.75, 3.05) is 46.0 Å². The van der Waals surface area contributed by atoms with Gasteiger partial charge < -0.3 is 19.5 Å². The van der Waals surface area contributed by atoms with Crippen molar-refractivity contribution < 1.29 is 24.2 Å². The molecule has 2 aliphatic heterocycles. The van der Waals surface area contributed by atoms with Gasteiger partial charge in [-0.05, 0) is 42.7 Å². The number of carbonyl (C=O) groups is 2. The van der Waals surface area contributed by atoms with Crippen molar-refractivity contribution in [2.45, 2.75) is 32.2 Å². The first-order valence-electron chi connectivity index (χ1n) is 12.6. The van der Waals surface area contributed by atoms with E-state index in [9.17, 15) is 14.7 Å². The molecule has 2 saturated heterocycles. The lowest BCUT2D eigenvalue weighted by molar-refractivity contribution is -0.140. The predicted octanol–water partition coefficient (Wildman–Crippen LogP) is 4.77. The predicted molar refractivity (Wildman–Crippen MR) is 142 cm³/mol. The number of likely N-dealkylation sites (tertiary alicyclic amines) is 1. The van der Waals surface area contributed by atoms with Crippen LogP contribution in [0.4, 0.5) is 0 Å². The number of morpholine rings is 1. The van der Waals surface area contributed by atoms with Gasteiger partial charge in [0, 0.05) is 36.2 Å². The maximum absolute atomic E-state index is 13.3. The number of hydrogen-bond donors (Lipinski definition) is 1. The molecular formula is C28H33BrN2O5. The molecule has 2 aromatic rings. The Morgan fingerprint density at radius 3 is 2.56 bits per heavy atom. The van der Waals surface area contributed by atoms with Gasteiger partial charge in [0.15, 0.2) is 0 Å². The number of unbranched alkanes of at least 4 members (excludes halogenated alkanes) is 1. The topological polar surface area (TPSA) is 79.3 Å². The van der Waals surface area contributed by atoms with Gasteiger partial charge in [-0.1, -0.05) is 53.5 Å². The number of aliphatic hydroxyl groups is 1. The van der Waals surface area contributed by atoms with Gasteiger partial charge >= 0.3 is 0 Å². The van der Waals surface area contributed by atoms with E-state index in [0.717, 1.165) is 48.9 Å². The molecule has 1 unspecified atom stereocenters. The number of rotatable bonds is 10. The number of ether oxygens (including phenoxy) is 2. The number of benzene rings is 2. The fraction of sp³-hybridized carbons (Fsp3) is 0.429. The second-order valence-electron chi connectivity index (χ2n) is 9.08. The van der Waals surface area contributed by atoms with Crippen LogP contribution in [0.2, 0.25) is 0 Å². The van der Waals surface area contributed by atoms with Gasteiger partial charge in [-0.25, -0.2) is 0 Å². The van der Waals surface area contributed by atoms with Gasteiger partial charge in [0.2, 0.25) is 0 Å². The fourth-order valence-electron chi connectivity index (χ4n) is 4.61. The molecule has 2 heterocycles. The number of halogens is 1. The zero-order valence-electron chi connectivity index (χ0n) is 20.6. The Hall–Kier alpha value is -2.68. The molecule has 2 aliphatic rings. The Labute approximate surface area is 220 Å². The van der Waals surface area contributed by atoms with Gasteiger partial charge in [-0.15, -0.1) is 0 Å². The van der Waals surface area contributed by atoms with Crippen molar-refractivity contribution in [2.24, 2.45) is 0 Å². The monoisotopic (exact) mass is 556 g/mol. The molecule has 4 rings (SSSR count). The molecule has 1 atom stereocenters. The maximum atomic E-state index is 13.3. The van der Waals surface area contributed by atoms with E-state index >= 15 is 0 Å². The Morgan fingerprint density at radius 2 is 1.83 bits per heavy atom. The Bertz CT molecular complexity index is 1100. The third kappa shape index (κ3) is 6.17. The van der Waals surface area contributed by atoms with Crippen molar-refractivity contribution in [3.63, 3.8) is 0 Å². The Morgan fingerprint density at radius 1 is 1.08 bits per heavy atom. The van der Waals surface area contributed by atoms with Crippen LogP contribution in [-0.4, -0.2) is 72.6 Å². The summed E-state index contributed by atoms with van der Waals surface area (Å²) in [6.45, 7) is 7.06. The fourth-order valence-corrected chi connectivity index (χ4v) is 4.88. The number of carbonyl (C=O) groups excluding carboxylic acids is 2. The third-order valence-corrected chi connectivity index (χ3v) is 7.11. The highest BCUT2D eigenvalue weighted by Crippen LogP contribution is 2.40. The molecule has 0 aromatic heterocycles. The first-order valence-corrected chi connectivity index (χ1v) is 13.4. The van der Waals surface area contributed by atoms with Crippen LogP contribution in [0.1, 0.15) is 43.4 Å². The molecule has 0 bridgehead atoms. The summed E-state index contributed by atoms with van der Waals surface area (Å²) >= 11 is 3.45. The van der Waals surface area contributed by atoms with Gasteiger partial charge in [-0.2, -0.15) is 0 Å². The van der Waals surface area contributed by atoms with Crippen LogP contribution in [0.15, 0.2) is 58.6 Å². The number of aliphatic hydroxyl groups excluding tert-OH is 1. The van der Waals surface area contributed by atoms with Gasteiger partial charge in [0.25, 0.3) is 11.7 Å². The van der Waals surface area contributed by atoms with E-state index < -0.39 is 17.7 Å². The molecule has 2 aromatic carbocycles. The van der Waals surface area contributed by atoms with Crippen molar-refractivity contribution >= 4 is 33.4 Å². The van der Waals surface area contributed by atoms with Crippen molar-refractivity contribution in [3.05, 3.63) is 69.7 Å². The van der Waals surface area contributed by atoms with Gasteiger partial charge in [0.05, 0.1) is 31.4 Å². The first-order chi connectivity index (χ1) is 17.5. The Balaban J connectivity index is 1.64. The van der Waals surface area contributed by atoms with Crippen LogP contribution in [0.5, 0.6) is 5.75 Å². The average Bonchev–Trinajstić information content (AvgIpc) is 3.15. The third-order valence-electron chi connectivity index (χ3n) is 6.58.